The molecule has 0 amide bonds. The molecule has 26 heavy (non-hydrogen) atoms. The monoisotopic (exact) mass is 414 g/mol. The van der Waals surface area contributed by atoms with Crippen molar-refractivity contribution >= 4 is 33.2 Å². The summed E-state index contributed by atoms with van der Waals surface area (Å²) in [6.07, 6.45) is 0. The smallest absolute Gasteiger partial charge is 0.241 e. The first-order chi connectivity index (χ1) is 12.1. The fourth-order valence-electron chi connectivity index (χ4n) is 2.59. The highest BCUT2D eigenvalue weighted by Gasteiger charge is 2.22. The molecule has 0 spiro atoms. The van der Waals surface area contributed by atoms with Crippen molar-refractivity contribution in [2.45, 2.75) is 30.7 Å². The number of benzene rings is 2. The van der Waals surface area contributed by atoms with E-state index in [1.165, 1.54) is 0 Å². The van der Waals surface area contributed by atoms with Gasteiger partial charge in [0.15, 0.2) is 0 Å². The number of halogens is 2. The van der Waals surface area contributed by atoms with Gasteiger partial charge in [-0.2, -0.15) is 0 Å². The minimum absolute atomic E-state index is 0.241. The average Bonchev–Trinajstić information content (AvgIpc) is 2.56. The summed E-state index contributed by atoms with van der Waals surface area (Å²) in [6.45, 7) is 4.62. The SMILES string of the molecule is CC(C)c1ccc(S(=O)(=O)N[C@H](CN(C)C)c2ccc(Cl)c(Cl)c2)cc1. The topological polar surface area (TPSA) is 49.4 Å². The van der Waals surface area contributed by atoms with Gasteiger partial charge >= 0.3 is 0 Å². The maximum absolute atomic E-state index is 12.8. The van der Waals surface area contributed by atoms with Gasteiger partial charge in [-0.1, -0.05) is 55.2 Å². The zero-order valence-electron chi connectivity index (χ0n) is 15.3. The lowest BCUT2D eigenvalue weighted by molar-refractivity contribution is 0.363. The lowest BCUT2D eigenvalue weighted by Gasteiger charge is -2.23. The van der Waals surface area contributed by atoms with Gasteiger partial charge in [-0.25, -0.2) is 13.1 Å². The van der Waals surface area contributed by atoms with Crippen LogP contribution in [0.2, 0.25) is 10.0 Å². The number of likely N-dealkylation sites (N-methyl/N-ethyl adjacent to an activating group) is 1. The fourth-order valence-corrected chi connectivity index (χ4v) is 4.11. The van der Waals surface area contributed by atoms with Crippen molar-refractivity contribution in [1.82, 2.24) is 9.62 Å². The van der Waals surface area contributed by atoms with Crippen LogP contribution in [-0.2, 0) is 10.0 Å². The summed E-state index contributed by atoms with van der Waals surface area (Å²) < 4.78 is 28.5. The molecule has 1 N–H and O–H groups in total. The third kappa shape index (κ3) is 5.44. The van der Waals surface area contributed by atoms with Crippen molar-refractivity contribution < 1.29 is 8.42 Å². The van der Waals surface area contributed by atoms with E-state index in [0.29, 0.717) is 22.5 Å². The zero-order chi connectivity index (χ0) is 19.5. The van der Waals surface area contributed by atoms with Gasteiger partial charge in [0, 0.05) is 6.54 Å². The molecule has 0 unspecified atom stereocenters. The molecule has 0 fully saturated rings. The van der Waals surface area contributed by atoms with E-state index in [1.54, 1.807) is 30.3 Å². The summed E-state index contributed by atoms with van der Waals surface area (Å²) in [5.74, 6) is 0.345. The molecule has 0 heterocycles. The van der Waals surface area contributed by atoms with Gasteiger partial charge in [0.2, 0.25) is 10.0 Å². The number of nitrogens with zero attached hydrogens (tertiary/aromatic N) is 1. The number of nitrogens with one attached hydrogen (secondary N) is 1. The van der Waals surface area contributed by atoms with E-state index >= 15 is 0 Å². The molecule has 0 saturated carbocycles. The summed E-state index contributed by atoms with van der Waals surface area (Å²) >= 11 is 12.1. The van der Waals surface area contributed by atoms with E-state index in [9.17, 15) is 8.42 Å². The van der Waals surface area contributed by atoms with Gasteiger partial charge in [0.25, 0.3) is 0 Å². The van der Waals surface area contributed by atoms with Crippen molar-refractivity contribution in [2.75, 3.05) is 20.6 Å². The van der Waals surface area contributed by atoms with Crippen molar-refractivity contribution in [3.05, 3.63) is 63.6 Å². The van der Waals surface area contributed by atoms with Gasteiger partial charge in [-0.3, -0.25) is 0 Å². The summed E-state index contributed by atoms with van der Waals surface area (Å²) in [6, 6.07) is 11.7. The number of sulfonamides is 1. The molecular weight excluding hydrogens is 391 g/mol. The molecular formula is C19H24Cl2N2O2S. The highest BCUT2D eigenvalue weighted by Crippen LogP contribution is 2.27. The van der Waals surface area contributed by atoms with E-state index in [1.807, 2.05) is 31.1 Å². The second kappa shape index (κ2) is 8.72. The first-order valence-corrected chi connectivity index (χ1v) is 10.6. The van der Waals surface area contributed by atoms with Crippen LogP contribution in [-0.4, -0.2) is 34.0 Å². The molecule has 7 heteroatoms. The van der Waals surface area contributed by atoms with E-state index in [0.717, 1.165) is 11.1 Å². The number of hydrogen-bond acceptors (Lipinski definition) is 3. The Kier molecular flexibility index (Phi) is 7.11. The van der Waals surface area contributed by atoms with Gasteiger partial charge in [-0.05, 0) is 55.4 Å². The van der Waals surface area contributed by atoms with Crippen LogP contribution in [0.25, 0.3) is 0 Å². The van der Waals surface area contributed by atoms with Crippen LogP contribution in [0.1, 0.15) is 36.9 Å². The largest absolute Gasteiger partial charge is 0.307 e. The van der Waals surface area contributed by atoms with Crippen LogP contribution in [0.5, 0.6) is 0 Å². The van der Waals surface area contributed by atoms with Crippen LogP contribution in [0.3, 0.4) is 0 Å². The Balaban J connectivity index is 2.32. The molecule has 0 aliphatic heterocycles. The summed E-state index contributed by atoms with van der Waals surface area (Å²) in [5.41, 5.74) is 1.86. The van der Waals surface area contributed by atoms with Crippen LogP contribution in [0.4, 0.5) is 0 Å². The molecule has 1 atom stereocenters. The molecule has 2 rings (SSSR count). The Hall–Kier alpha value is -1.11. The predicted molar refractivity (Wildman–Crippen MR) is 109 cm³/mol. The van der Waals surface area contributed by atoms with E-state index < -0.39 is 16.1 Å². The summed E-state index contributed by atoms with van der Waals surface area (Å²) in [5, 5.41) is 0.833. The Morgan fingerprint density at radius 3 is 2.04 bits per heavy atom. The Labute approximate surface area is 166 Å². The molecule has 4 nitrogen and oxygen atoms in total. The fraction of sp³-hybridized carbons (Fsp3) is 0.368. The Morgan fingerprint density at radius 1 is 0.962 bits per heavy atom. The first kappa shape index (κ1) is 21.2. The average molecular weight is 415 g/mol. The Morgan fingerprint density at radius 2 is 1.54 bits per heavy atom. The van der Waals surface area contributed by atoms with Gasteiger partial charge in [0.1, 0.15) is 0 Å². The first-order valence-electron chi connectivity index (χ1n) is 8.32. The van der Waals surface area contributed by atoms with Crippen LogP contribution in [0.15, 0.2) is 47.4 Å². The molecule has 0 aliphatic carbocycles. The summed E-state index contributed by atoms with van der Waals surface area (Å²) in [4.78, 5) is 2.16. The maximum atomic E-state index is 12.8. The molecule has 0 aromatic heterocycles. The molecule has 0 saturated heterocycles. The normalized spacial score (nSPS) is 13.4. The minimum Gasteiger partial charge on any atom is -0.307 e. The van der Waals surface area contributed by atoms with Gasteiger partial charge in [-0.15, -0.1) is 0 Å². The second-order valence-electron chi connectivity index (χ2n) is 6.83. The molecule has 0 aliphatic rings. The van der Waals surface area contributed by atoms with Crippen molar-refractivity contribution in [3.8, 4) is 0 Å². The van der Waals surface area contributed by atoms with Gasteiger partial charge < -0.3 is 4.90 Å². The molecule has 2 aromatic rings. The van der Waals surface area contributed by atoms with Crippen LogP contribution < -0.4 is 4.72 Å². The van der Waals surface area contributed by atoms with Crippen LogP contribution in [0, 0.1) is 0 Å². The van der Waals surface area contributed by atoms with Gasteiger partial charge in [0.05, 0.1) is 21.0 Å². The lowest BCUT2D eigenvalue weighted by Crippen LogP contribution is -2.35. The summed E-state index contributed by atoms with van der Waals surface area (Å²) in [7, 11) is 0.0989. The van der Waals surface area contributed by atoms with Crippen molar-refractivity contribution in [3.63, 3.8) is 0 Å². The highest BCUT2D eigenvalue weighted by atomic mass is 35.5. The number of hydrogen-bond donors (Lipinski definition) is 1. The molecule has 0 radical (unpaired) electrons. The highest BCUT2D eigenvalue weighted by molar-refractivity contribution is 7.89. The third-order valence-electron chi connectivity index (χ3n) is 4.05. The third-order valence-corrected chi connectivity index (χ3v) is 6.27. The predicted octanol–water partition coefficient (Wildman–Crippen LogP) is 4.70. The zero-order valence-corrected chi connectivity index (χ0v) is 17.7. The molecule has 0 bridgehead atoms. The molecule has 142 valence electrons. The number of rotatable bonds is 7. The second-order valence-corrected chi connectivity index (χ2v) is 9.36. The standard InChI is InChI=1S/C19H24Cl2N2O2S/c1-13(2)14-5-8-16(9-6-14)26(24,25)22-19(12-23(3)4)15-7-10-17(20)18(21)11-15/h5-11,13,19,22H,12H2,1-4H3/t19-/m1/s1. The Bertz CT molecular complexity index is 850. The van der Waals surface area contributed by atoms with E-state index in [2.05, 4.69) is 18.6 Å². The lowest BCUT2D eigenvalue weighted by atomic mass is 10.0. The molecule has 2 aromatic carbocycles. The van der Waals surface area contributed by atoms with Crippen molar-refractivity contribution in [1.29, 1.82) is 0 Å². The van der Waals surface area contributed by atoms with E-state index in [-0.39, 0.29) is 4.90 Å². The van der Waals surface area contributed by atoms with E-state index in [4.69, 9.17) is 23.2 Å². The van der Waals surface area contributed by atoms with Crippen molar-refractivity contribution in [2.24, 2.45) is 0 Å². The maximum Gasteiger partial charge on any atom is 0.241 e. The minimum atomic E-state index is -3.67. The van der Waals surface area contributed by atoms with Crippen LogP contribution >= 0.6 is 23.2 Å². The quantitative estimate of drug-likeness (QED) is 0.713.